The molecule has 0 aliphatic heterocycles. The summed E-state index contributed by atoms with van der Waals surface area (Å²) < 4.78 is 29.2. The minimum atomic E-state index is -0.520. The van der Waals surface area contributed by atoms with E-state index in [-0.39, 0.29) is 11.5 Å². The molecule has 21 heavy (non-hydrogen) atoms. The van der Waals surface area contributed by atoms with Crippen LogP contribution in [0.5, 0.6) is 0 Å². The van der Waals surface area contributed by atoms with E-state index in [4.69, 9.17) is 5.73 Å². The zero-order valence-electron chi connectivity index (χ0n) is 10.5. The number of rotatable bonds is 2. The molecule has 0 saturated carbocycles. The van der Waals surface area contributed by atoms with Crippen LogP contribution < -0.4 is 5.73 Å². The van der Waals surface area contributed by atoms with Gasteiger partial charge in [-0.05, 0) is 46.8 Å². The molecule has 0 amide bonds. The lowest BCUT2D eigenvalue weighted by Crippen LogP contribution is -2.04. The Kier molecular flexibility index (Phi) is 3.38. The van der Waals surface area contributed by atoms with E-state index in [0.717, 1.165) is 0 Å². The Morgan fingerprint density at radius 1 is 1.10 bits per heavy atom. The van der Waals surface area contributed by atoms with Gasteiger partial charge in [0.15, 0.2) is 5.82 Å². The first-order valence-corrected chi connectivity index (χ1v) is 6.65. The van der Waals surface area contributed by atoms with Gasteiger partial charge in [-0.1, -0.05) is 15.9 Å². The molecule has 1 heterocycles. The maximum absolute atomic E-state index is 14.0. The van der Waals surface area contributed by atoms with Crippen LogP contribution in [-0.4, -0.2) is 20.2 Å². The van der Waals surface area contributed by atoms with Crippen molar-refractivity contribution in [1.82, 2.24) is 20.2 Å². The highest BCUT2D eigenvalue weighted by atomic mass is 79.9. The van der Waals surface area contributed by atoms with Gasteiger partial charge in [-0.3, -0.25) is 0 Å². The van der Waals surface area contributed by atoms with Crippen molar-refractivity contribution >= 4 is 21.6 Å². The lowest BCUT2D eigenvalue weighted by atomic mass is 10.1. The van der Waals surface area contributed by atoms with Gasteiger partial charge in [0.1, 0.15) is 17.3 Å². The summed E-state index contributed by atoms with van der Waals surface area (Å²) >= 11 is 3.17. The first-order valence-electron chi connectivity index (χ1n) is 5.85. The number of halogens is 3. The fourth-order valence-corrected chi connectivity index (χ4v) is 2.23. The summed E-state index contributed by atoms with van der Waals surface area (Å²) in [6.45, 7) is 0. The van der Waals surface area contributed by atoms with Crippen LogP contribution >= 0.6 is 15.9 Å². The summed E-state index contributed by atoms with van der Waals surface area (Å²) in [5.41, 5.74) is 6.54. The van der Waals surface area contributed by atoms with Crippen LogP contribution in [0.25, 0.3) is 17.1 Å². The molecule has 2 aromatic carbocycles. The van der Waals surface area contributed by atoms with Gasteiger partial charge >= 0.3 is 0 Å². The number of nitrogens with zero attached hydrogens (tertiary/aromatic N) is 4. The molecule has 0 spiro atoms. The summed E-state index contributed by atoms with van der Waals surface area (Å²) in [4.78, 5) is 0. The predicted octanol–water partition coefficient (Wildman–Crippen LogP) is 2.95. The van der Waals surface area contributed by atoms with E-state index in [2.05, 4.69) is 31.5 Å². The Labute approximate surface area is 126 Å². The summed E-state index contributed by atoms with van der Waals surface area (Å²) in [5, 5.41) is 11.1. The summed E-state index contributed by atoms with van der Waals surface area (Å²) in [6.07, 6.45) is 0. The van der Waals surface area contributed by atoms with Crippen LogP contribution in [0.2, 0.25) is 0 Å². The van der Waals surface area contributed by atoms with Crippen molar-refractivity contribution < 1.29 is 8.78 Å². The van der Waals surface area contributed by atoms with Crippen molar-refractivity contribution in [3.63, 3.8) is 0 Å². The second kappa shape index (κ2) is 5.21. The summed E-state index contributed by atoms with van der Waals surface area (Å²) in [6, 6.07) is 8.28. The van der Waals surface area contributed by atoms with Gasteiger partial charge in [0.25, 0.3) is 0 Å². The Bertz CT molecular complexity index is 818. The van der Waals surface area contributed by atoms with E-state index >= 15 is 0 Å². The second-order valence-corrected chi connectivity index (χ2v) is 5.16. The van der Waals surface area contributed by atoms with Gasteiger partial charge in [0.05, 0.1) is 0 Å². The topological polar surface area (TPSA) is 69.6 Å². The average Bonchev–Trinajstić information content (AvgIpc) is 2.90. The lowest BCUT2D eigenvalue weighted by molar-refractivity contribution is 0.607. The third kappa shape index (κ3) is 2.49. The Balaban J connectivity index is 2.19. The third-order valence-corrected chi connectivity index (χ3v) is 3.36. The number of aromatic nitrogens is 4. The van der Waals surface area contributed by atoms with Crippen LogP contribution in [0, 0.1) is 11.6 Å². The second-order valence-electron chi connectivity index (χ2n) is 4.24. The molecule has 0 unspecified atom stereocenters. The SMILES string of the molecule is Nc1ccc(F)cc1-c1nnnn1-c1ccc(Br)cc1F. The van der Waals surface area contributed by atoms with E-state index in [0.29, 0.717) is 15.7 Å². The van der Waals surface area contributed by atoms with E-state index in [1.165, 1.54) is 35.0 Å². The van der Waals surface area contributed by atoms with E-state index in [1.807, 2.05) is 0 Å². The van der Waals surface area contributed by atoms with Crippen LogP contribution in [0.3, 0.4) is 0 Å². The number of benzene rings is 2. The first kappa shape index (κ1) is 13.6. The highest BCUT2D eigenvalue weighted by molar-refractivity contribution is 9.10. The molecular formula is C13H8BrF2N5. The maximum atomic E-state index is 14.0. The standard InChI is InChI=1S/C13H8BrF2N5/c14-7-1-4-12(10(16)5-7)21-13(18-19-20-21)9-6-8(15)2-3-11(9)17/h1-6H,17H2. The average molecular weight is 352 g/mol. The maximum Gasteiger partial charge on any atom is 0.189 e. The molecule has 8 heteroatoms. The number of nitrogen functional groups attached to an aromatic ring is 1. The van der Waals surface area contributed by atoms with Crippen LogP contribution in [-0.2, 0) is 0 Å². The number of hydrogen-bond donors (Lipinski definition) is 1. The van der Waals surface area contributed by atoms with Crippen molar-refractivity contribution in [2.45, 2.75) is 0 Å². The van der Waals surface area contributed by atoms with Crippen molar-refractivity contribution in [1.29, 1.82) is 0 Å². The van der Waals surface area contributed by atoms with Gasteiger partial charge in [-0.15, -0.1) is 5.10 Å². The number of tetrazole rings is 1. The highest BCUT2D eigenvalue weighted by Crippen LogP contribution is 2.27. The monoisotopic (exact) mass is 351 g/mol. The molecule has 0 fully saturated rings. The molecule has 0 atom stereocenters. The van der Waals surface area contributed by atoms with E-state index in [9.17, 15) is 8.78 Å². The predicted molar refractivity (Wildman–Crippen MR) is 76.6 cm³/mol. The molecule has 1 aromatic heterocycles. The van der Waals surface area contributed by atoms with Crippen LogP contribution in [0.15, 0.2) is 40.9 Å². The smallest absolute Gasteiger partial charge is 0.189 e. The van der Waals surface area contributed by atoms with Crippen molar-refractivity contribution in [2.75, 3.05) is 5.73 Å². The molecule has 0 saturated heterocycles. The molecule has 3 aromatic rings. The molecule has 0 aliphatic carbocycles. The minimum Gasteiger partial charge on any atom is -0.398 e. The van der Waals surface area contributed by atoms with E-state index in [1.54, 1.807) is 6.07 Å². The van der Waals surface area contributed by atoms with Gasteiger partial charge in [0, 0.05) is 15.7 Å². The Hall–Kier alpha value is -2.35. The van der Waals surface area contributed by atoms with Crippen LogP contribution in [0.4, 0.5) is 14.5 Å². The van der Waals surface area contributed by atoms with Gasteiger partial charge < -0.3 is 5.73 Å². The zero-order valence-corrected chi connectivity index (χ0v) is 12.1. The quantitative estimate of drug-likeness (QED) is 0.720. The molecule has 2 N–H and O–H groups in total. The molecule has 106 valence electrons. The largest absolute Gasteiger partial charge is 0.398 e. The van der Waals surface area contributed by atoms with Crippen molar-refractivity contribution in [3.05, 3.63) is 52.5 Å². The number of hydrogen-bond acceptors (Lipinski definition) is 4. The molecule has 5 nitrogen and oxygen atoms in total. The van der Waals surface area contributed by atoms with Gasteiger partial charge in [-0.2, -0.15) is 4.68 Å². The fourth-order valence-electron chi connectivity index (χ4n) is 1.89. The Morgan fingerprint density at radius 2 is 1.90 bits per heavy atom. The van der Waals surface area contributed by atoms with Crippen LogP contribution in [0.1, 0.15) is 0 Å². The molecule has 0 bridgehead atoms. The fraction of sp³-hybridized carbons (Fsp3) is 0. The molecule has 3 rings (SSSR count). The molecule has 0 aliphatic rings. The van der Waals surface area contributed by atoms with Crippen molar-refractivity contribution in [2.24, 2.45) is 0 Å². The van der Waals surface area contributed by atoms with Gasteiger partial charge in [0.2, 0.25) is 0 Å². The molecular weight excluding hydrogens is 344 g/mol. The lowest BCUT2D eigenvalue weighted by Gasteiger charge is -2.08. The summed E-state index contributed by atoms with van der Waals surface area (Å²) in [5.74, 6) is -0.842. The Morgan fingerprint density at radius 3 is 2.67 bits per heavy atom. The highest BCUT2D eigenvalue weighted by Gasteiger charge is 2.17. The third-order valence-electron chi connectivity index (χ3n) is 2.86. The minimum absolute atomic E-state index is 0.141. The first-order chi connectivity index (χ1) is 10.1. The normalized spacial score (nSPS) is 10.8. The number of nitrogens with two attached hydrogens (primary N) is 1. The zero-order chi connectivity index (χ0) is 15.0. The number of anilines is 1. The van der Waals surface area contributed by atoms with Gasteiger partial charge in [-0.25, -0.2) is 8.78 Å². The van der Waals surface area contributed by atoms with E-state index < -0.39 is 11.6 Å². The molecule has 0 radical (unpaired) electrons. The van der Waals surface area contributed by atoms with Crippen molar-refractivity contribution in [3.8, 4) is 17.1 Å². The summed E-state index contributed by atoms with van der Waals surface area (Å²) in [7, 11) is 0.